The Kier molecular flexibility index (Phi) is 5.30. The first-order valence-corrected chi connectivity index (χ1v) is 10.4. The van der Waals surface area contributed by atoms with Crippen molar-refractivity contribution in [3.63, 3.8) is 0 Å². The number of aromatic nitrogens is 2. The molecule has 0 radical (unpaired) electrons. The highest BCUT2D eigenvalue weighted by Crippen LogP contribution is 2.21. The molecule has 1 amide bonds. The molecular formula is C15H13FN4O3S3. The van der Waals surface area contributed by atoms with Crippen molar-refractivity contribution in [3.05, 3.63) is 52.2 Å². The van der Waals surface area contributed by atoms with Crippen LogP contribution in [-0.4, -0.2) is 24.3 Å². The standard InChI is InChI=1S/C15H13FN4O3S3/c1-9-7-17-14(25-9)19-13(21)6-11-8-24-15(18-11)20-26(22,23)12-4-2-10(16)3-5-12/h2-5,7-8H,6H2,1H3,(H,18,20)(H,17,19,21). The molecule has 7 nitrogen and oxygen atoms in total. The summed E-state index contributed by atoms with van der Waals surface area (Å²) >= 11 is 2.42. The molecule has 0 aliphatic rings. The summed E-state index contributed by atoms with van der Waals surface area (Å²) in [6.45, 7) is 1.88. The predicted molar refractivity (Wildman–Crippen MR) is 98.5 cm³/mol. The van der Waals surface area contributed by atoms with Crippen molar-refractivity contribution < 1.29 is 17.6 Å². The molecule has 0 spiro atoms. The zero-order valence-electron chi connectivity index (χ0n) is 13.4. The zero-order valence-corrected chi connectivity index (χ0v) is 15.8. The normalized spacial score (nSPS) is 11.3. The molecule has 11 heteroatoms. The largest absolute Gasteiger partial charge is 0.302 e. The summed E-state index contributed by atoms with van der Waals surface area (Å²) < 4.78 is 39.7. The molecule has 0 fully saturated rings. The van der Waals surface area contributed by atoms with Crippen molar-refractivity contribution in [1.82, 2.24) is 9.97 Å². The minimum absolute atomic E-state index is 0.00654. The number of hydrogen-bond donors (Lipinski definition) is 2. The Morgan fingerprint density at radius 1 is 1.23 bits per heavy atom. The summed E-state index contributed by atoms with van der Waals surface area (Å²) in [4.78, 5) is 21.0. The van der Waals surface area contributed by atoms with Crippen LogP contribution in [0.15, 0.2) is 40.7 Å². The molecule has 0 aliphatic carbocycles. The van der Waals surface area contributed by atoms with E-state index < -0.39 is 15.8 Å². The molecule has 0 saturated heterocycles. The number of carbonyl (C=O) groups excluding carboxylic acids is 1. The Morgan fingerprint density at radius 3 is 2.62 bits per heavy atom. The summed E-state index contributed by atoms with van der Waals surface area (Å²) in [7, 11) is -3.87. The highest BCUT2D eigenvalue weighted by atomic mass is 32.2. The monoisotopic (exact) mass is 412 g/mol. The van der Waals surface area contributed by atoms with Crippen LogP contribution in [0.5, 0.6) is 0 Å². The van der Waals surface area contributed by atoms with Crippen molar-refractivity contribution in [2.24, 2.45) is 0 Å². The fourth-order valence-corrected chi connectivity index (χ4v) is 4.61. The topological polar surface area (TPSA) is 101 Å². The van der Waals surface area contributed by atoms with E-state index in [1.54, 1.807) is 11.6 Å². The molecule has 2 heterocycles. The third-order valence-corrected chi connectivity index (χ3v) is 6.23. The fraction of sp³-hybridized carbons (Fsp3) is 0.133. The number of halogens is 1. The molecule has 0 bridgehead atoms. The quantitative estimate of drug-likeness (QED) is 0.648. The molecule has 2 aromatic heterocycles. The first-order valence-electron chi connectivity index (χ1n) is 7.27. The molecular weight excluding hydrogens is 399 g/mol. The number of carbonyl (C=O) groups is 1. The summed E-state index contributed by atoms with van der Waals surface area (Å²) in [5.74, 6) is -0.820. The van der Waals surface area contributed by atoms with Gasteiger partial charge in [-0.1, -0.05) is 0 Å². The second-order valence-corrected chi connectivity index (χ2v) is 8.98. The minimum atomic E-state index is -3.87. The first kappa shape index (κ1) is 18.4. The molecule has 0 aliphatic heterocycles. The molecule has 0 unspecified atom stereocenters. The number of nitrogens with zero attached hydrogens (tertiary/aromatic N) is 2. The van der Waals surface area contributed by atoms with Gasteiger partial charge in [0.2, 0.25) is 5.91 Å². The predicted octanol–water partition coefficient (Wildman–Crippen LogP) is 3.03. The van der Waals surface area contributed by atoms with E-state index >= 15 is 0 Å². The van der Waals surface area contributed by atoms with Crippen LogP contribution in [0.3, 0.4) is 0 Å². The second kappa shape index (κ2) is 7.48. The Hall–Kier alpha value is -2.37. The number of aryl methyl sites for hydroxylation is 1. The van der Waals surface area contributed by atoms with Crippen molar-refractivity contribution in [2.45, 2.75) is 18.2 Å². The lowest BCUT2D eigenvalue weighted by molar-refractivity contribution is -0.115. The lowest BCUT2D eigenvalue weighted by atomic mass is 10.3. The molecule has 2 N–H and O–H groups in total. The van der Waals surface area contributed by atoms with Gasteiger partial charge in [0, 0.05) is 16.5 Å². The second-order valence-electron chi connectivity index (χ2n) is 5.20. The maximum absolute atomic E-state index is 12.9. The summed E-state index contributed by atoms with van der Waals surface area (Å²) in [5.41, 5.74) is 0.428. The van der Waals surface area contributed by atoms with Crippen molar-refractivity contribution in [1.29, 1.82) is 0 Å². The number of hydrogen-bond acceptors (Lipinski definition) is 7. The van der Waals surface area contributed by atoms with Crippen molar-refractivity contribution in [3.8, 4) is 0 Å². The Balaban J connectivity index is 1.64. The number of sulfonamides is 1. The van der Waals surface area contributed by atoms with Gasteiger partial charge in [-0.05, 0) is 31.2 Å². The zero-order chi connectivity index (χ0) is 18.7. The average Bonchev–Trinajstić information content (AvgIpc) is 3.16. The van der Waals surface area contributed by atoms with Gasteiger partial charge in [-0.15, -0.1) is 22.7 Å². The van der Waals surface area contributed by atoms with Crippen LogP contribution in [0.2, 0.25) is 0 Å². The lowest BCUT2D eigenvalue weighted by Gasteiger charge is -2.04. The van der Waals surface area contributed by atoms with Gasteiger partial charge >= 0.3 is 0 Å². The average molecular weight is 412 g/mol. The van der Waals surface area contributed by atoms with Gasteiger partial charge in [0.25, 0.3) is 10.0 Å². The van der Waals surface area contributed by atoms with Crippen LogP contribution in [0.25, 0.3) is 0 Å². The van der Waals surface area contributed by atoms with Crippen LogP contribution >= 0.6 is 22.7 Å². The molecule has 136 valence electrons. The first-order chi connectivity index (χ1) is 12.3. The van der Waals surface area contributed by atoms with Crippen molar-refractivity contribution in [2.75, 3.05) is 10.0 Å². The molecule has 1 aromatic carbocycles. The van der Waals surface area contributed by atoms with Gasteiger partial charge in [0.1, 0.15) is 5.82 Å². The van der Waals surface area contributed by atoms with Gasteiger partial charge in [-0.2, -0.15) is 0 Å². The lowest BCUT2D eigenvalue weighted by Crippen LogP contribution is -2.15. The van der Waals surface area contributed by atoms with E-state index in [-0.39, 0.29) is 22.4 Å². The highest BCUT2D eigenvalue weighted by molar-refractivity contribution is 7.93. The Labute approximate surface area is 157 Å². The van der Waals surface area contributed by atoms with Crippen LogP contribution in [-0.2, 0) is 21.2 Å². The van der Waals surface area contributed by atoms with Gasteiger partial charge in [0.15, 0.2) is 10.3 Å². The number of anilines is 2. The van der Waals surface area contributed by atoms with E-state index in [2.05, 4.69) is 20.0 Å². The summed E-state index contributed by atoms with van der Waals surface area (Å²) in [6.07, 6.45) is 1.65. The maximum atomic E-state index is 12.9. The van der Waals surface area contributed by atoms with E-state index in [1.807, 2.05) is 6.92 Å². The van der Waals surface area contributed by atoms with Gasteiger partial charge in [-0.3, -0.25) is 9.52 Å². The fourth-order valence-electron chi connectivity index (χ4n) is 1.96. The van der Waals surface area contributed by atoms with E-state index in [0.717, 1.165) is 40.5 Å². The van der Waals surface area contributed by atoms with E-state index in [1.165, 1.54) is 11.3 Å². The van der Waals surface area contributed by atoms with E-state index in [9.17, 15) is 17.6 Å². The maximum Gasteiger partial charge on any atom is 0.263 e. The molecule has 26 heavy (non-hydrogen) atoms. The number of thiazole rings is 2. The van der Waals surface area contributed by atoms with Crippen LogP contribution < -0.4 is 10.0 Å². The van der Waals surface area contributed by atoms with Crippen LogP contribution in [0, 0.1) is 12.7 Å². The minimum Gasteiger partial charge on any atom is -0.302 e. The number of nitrogens with one attached hydrogen (secondary N) is 2. The molecule has 3 aromatic rings. The van der Waals surface area contributed by atoms with Crippen LogP contribution in [0.1, 0.15) is 10.6 Å². The summed E-state index contributed by atoms with van der Waals surface area (Å²) in [5, 5.41) is 4.88. The molecule has 0 saturated carbocycles. The summed E-state index contributed by atoms with van der Waals surface area (Å²) in [6, 6.07) is 4.45. The van der Waals surface area contributed by atoms with Gasteiger partial charge < -0.3 is 5.32 Å². The number of amides is 1. The number of rotatable bonds is 6. The SMILES string of the molecule is Cc1cnc(NC(=O)Cc2csc(NS(=O)(=O)c3ccc(F)cc3)n2)s1. The highest BCUT2D eigenvalue weighted by Gasteiger charge is 2.17. The van der Waals surface area contributed by atoms with E-state index in [4.69, 9.17) is 0 Å². The Bertz CT molecular complexity index is 1030. The third kappa shape index (κ3) is 4.62. The van der Waals surface area contributed by atoms with Crippen molar-refractivity contribution >= 4 is 48.9 Å². The Morgan fingerprint density at radius 2 is 1.96 bits per heavy atom. The third-order valence-electron chi connectivity index (χ3n) is 3.11. The molecule has 3 rings (SSSR count). The number of benzene rings is 1. The smallest absolute Gasteiger partial charge is 0.263 e. The van der Waals surface area contributed by atoms with Crippen LogP contribution in [0.4, 0.5) is 14.7 Å². The van der Waals surface area contributed by atoms with Gasteiger partial charge in [-0.25, -0.2) is 22.8 Å². The van der Waals surface area contributed by atoms with Gasteiger partial charge in [0.05, 0.1) is 17.0 Å². The molecule has 0 atom stereocenters. The van der Waals surface area contributed by atoms with E-state index in [0.29, 0.717) is 10.8 Å².